The number of carbonyl (C=O) groups is 1. The van der Waals surface area contributed by atoms with Crippen molar-refractivity contribution in [2.45, 2.75) is 13.8 Å². The minimum absolute atomic E-state index is 0. The van der Waals surface area contributed by atoms with E-state index in [0.717, 1.165) is 16.3 Å². The summed E-state index contributed by atoms with van der Waals surface area (Å²) in [6.45, 7) is 0. The first-order valence-electron chi connectivity index (χ1n) is 7.44. The Morgan fingerprint density at radius 1 is 1.00 bits per heavy atom. The molecule has 0 saturated heterocycles. The van der Waals surface area contributed by atoms with Crippen molar-refractivity contribution in [1.82, 2.24) is 5.43 Å². The molecule has 3 rings (SSSR count). The van der Waals surface area contributed by atoms with Crippen LogP contribution in [0.15, 0.2) is 65.8 Å². The van der Waals surface area contributed by atoms with E-state index in [1.807, 2.05) is 42.5 Å². The van der Waals surface area contributed by atoms with E-state index in [1.165, 1.54) is 18.3 Å². The molecule has 0 aromatic heterocycles. The third kappa shape index (κ3) is 4.35. The average Bonchev–Trinajstić information content (AvgIpc) is 2.58. The molecule has 0 aliphatic rings. The van der Waals surface area contributed by atoms with Gasteiger partial charge in [0.15, 0.2) is 11.5 Å². The first-order valence-corrected chi connectivity index (χ1v) is 7.44. The highest BCUT2D eigenvalue weighted by Crippen LogP contribution is 2.24. The van der Waals surface area contributed by atoms with Gasteiger partial charge in [-0.05, 0) is 40.1 Å². The number of rotatable bonds is 4. The molecule has 3 aromatic rings. The summed E-state index contributed by atoms with van der Waals surface area (Å²) >= 11 is 0. The van der Waals surface area contributed by atoms with Crippen molar-refractivity contribution >= 4 is 22.9 Å². The zero-order valence-electron chi connectivity index (χ0n) is 12.8. The number of benzene rings is 3. The number of amides is 1. The van der Waals surface area contributed by atoms with Crippen LogP contribution in [0.4, 0.5) is 0 Å². The molecule has 5 heteroatoms. The maximum atomic E-state index is 12.1. The van der Waals surface area contributed by atoms with Gasteiger partial charge < -0.3 is 10.2 Å². The topological polar surface area (TPSA) is 81.9 Å². The predicted molar refractivity (Wildman–Crippen MR) is 99.9 cm³/mol. The molecular weight excluding hydrogens is 316 g/mol. The number of carbonyl (C=O) groups excluding carboxylic acids is 1. The van der Waals surface area contributed by atoms with Gasteiger partial charge in [0, 0.05) is 0 Å². The van der Waals surface area contributed by atoms with E-state index in [1.54, 1.807) is 6.07 Å². The van der Waals surface area contributed by atoms with Crippen LogP contribution in [0, 0.1) is 0 Å². The summed E-state index contributed by atoms with van der Waals surface area (Å²) in [7, 11) is 0. The lowest BCUT2D eigenvalue weighted by molar-refractivity contribution is -0.120. The lowest BCUT2D eigenvalue weighted by Crippen LogP contribution is -2.19. The van der Waals surface area contributed by atoms with E-state index in [4.69, 9.17) is 0 Å². The second-order valence-electron chi connectivity index (χ2n) is 5.36. The minimum Gasteiger partial charge on any atom is -0.504 e. The highest BCUT2D eigenvalue weighted by Gasteiger charge is 2.06. The van der Waals surface area contributed by atoms with E-state index in [-0.39, 0.29) is 31.3 Å². The number of phenols is 2. The van der Waals surface area contributed by atoms with Crippen molar-refractivity contribution in [3.8, 4) is 11.5 Å². The number of phenolic OH excluding ortho intramolecular Hbond substituents is 2. The van der Waals surface area contributed by atoms with Crippen LogP contribution >= 0.6 is 0 Å². The Labute approximate surface area is 146 Å². The fourth-order valence-corrected chi connectivity index (χ4v) is 2.46. The summed E-state index contributed by atoms with van der Waals surface area (Å²) in [6, 6.07) is 18.0. The van der Waals surface area contributed by atoms with Gasteiger partial charge in [0.1, 0.15) is 0 Å². The largest absolute Gasteiger partial charge is 0.504 e. The van der Waals surface area contributed by atoms with Crippen LogP contribution in [-0.4, -0.2) is 22.3 Å². The molecule has 0 heterocycles. The van der Waals surface area contributed by atoms with Gasteiger partial charge in [0.2, 0.25) is 5.91 Å². The summed E-state index contributed by atoms with van der Waals surface area (Å²) < 4.78 is 0. The van der Waals surface area contributed by atoms with Crippen LogP contribution in [0.1, 0.15) is 18.6 Å². The summed E-state index contributed by atoms with van der Waals surface area (Å²) in [5, 5.41) is 24.7. The third-order valence-electron chi connectivity index (χ3n) is 3.63. The summed E-state index contributed by atoms with van der Waals surface area (Å²) in [4.78, 5) is 12.1. The number of nitrogens with one attached hydrogen (secondary N) is 1. The molecule has 3 N–H and O–H groups in total. The van der Waals surface area contributed by atoms with Crippen LogP contribution in [0.3, 0.4) is 0 Å². The van der Waals surface area contributed by atoms with E-state index >= 15 is 0 Å². The van der Waals surface area contributed by atoms with Gasteiger partial charge in [0.05, 0.1) is 12.6 Å². The Hall–Kier alpha value is -3.34. The Balaban J connectivity index is 0.00000225. The molecule has 128 valence electrons. The van der Waals surface area contributed by atoms with E-state index in [9.17, 15) is 15.0 Å². The van der Waals surface area contributed by atoms with Crippen LogP contribution in [0.5, 0.6) is 11.5 Å². The quantitative estimate of drug-likeness (QED) is 0.387. The highest BCUT2D eigenvalue weighted by molar-refractivity contribution is 5.90. The molecule has 0 aliphatic carbocycles. The second-order valence-corrected chi connectivity index (χ2v) is 5.36. The van der Waals surface area contributed by atoms with Crippen molar-refractivity contribution in [2.75, 3.05) is 0 Å². The lowest BCUT2D eigenvalue weighted by atomic mass is 10.0. The monoisotopic (exact) mass is 336 g/mol. The number of hydrogen-bond donors (Lipinski definition) is 3. The molecule has 0 unspecified atom stereocenters. The van der Waals surface area contributed by atoms with E-state index in [2.05, 4.69) is 10.5 Å². The van der Waals surface area contributed by atoms with Crippen molar-refractivity contribution in [3.05, 3.63) is 71.8 Å². The minimum atomic E-state index is -0.235. The van der Waals surface area contributed by atoms with Gasteiger partial charge in [-0.2, -0.15) is 5.10 Å². The molecule has 1 amide bonds. The molecule has 5 nitrogen and oxygen atoms in total. The normalized spacial score (nSPS) is 10.6. The third-order valence-corrected chi connectivity index (χ3v) is 3.63. The van der Waals surface area contributed by atoms with Gasteiger partial charge >= 0.3 is 0 Å². The number of aromatic hydroxyl groups is 2. The molecule has 0 atom stereocenters. The Bertz CT molecular complexity index is 914. The molecule has 0 bridgehead atoms. The zero-order chi connectivity index (χ0) is 16.9. The van der Waals surface area contributed by atoms with Crippen molar-refractivity contribution < 1.29 is 15.0 Å². The fraction of sp³-hybridized carbons (Fsp3) is 0.100. The van der Waals surface area contributed by atoms with Gasteiger partial charge in [0.25, 0.3) is 0 Å². The maximum Gasteiger partial charge on any atom is 0.244 e. The van der Waals surface area contributed by atoms with Gasteiger partial charge in [-0.1, -0.05) is 49.9 Å². The van der Waals surface area contributed by atoms with Crippen molar-refractivity contribution in [2.24, 2.45) is 5.10 Å². The average molecular weight is 336 g/mol. The SMILES string of the molecule is C.O=C(Cc1cccc2ccccc12)N/N=C/c1ccc(O)c(O)c1. The summed E-state index contributed by atoms with van der Waals surface area (Å²) in [6.07, 6.45) is 1.62. The number of fused-ring (bicyclic) bond motifs is 1. The molecule has 25 heavy (non-hydrogen) atoms. The fourth-order valence-electron chi connectivity index (χ4n) is 2.46. The number of nitrogens with zero attached hydrogens (tertiary/aromatic N) is 1. The molecule has 0 fully saturated rings. The standard InChI is InChI=1S/C19H16N2O3.CH4/c22-17-9-8-13(10-18(17)23)12-20-21-19(24)11-15-6-3-5-14-4-1-2-7-16(14)15;/h1-10,12,22-23H,11H2,(H,21,24);1H4/b20-12+;. The predicted octanol–water partition coefficient (Wildman–Crippen LogP) is 3.58. The van der Waals surface area contributed by atoms with Crippen LogP contribution in [0.25, 0.3) is 10.8 Å². The van der Waals surface area contributed by atoms with E-state index < -0.39 is 0 Å². The first kappa shape index (κ1) is 18.0. The molecule has 0 spiro atoms. The van der Waals surface area contributed by atoms with Crippen LogP contribution in [0.2, 0.25) is 0 Å². The maximum absolute atomic E-state index is 12.1. The van der Waals surface area contributed by atoms with E-state index in [0.29, 0.717) is 5.56 Å². The second kappa shape index (κ2) is 7.97. The number of hydrazone groups is 1. The highest BCUT2D eigenvalue weighted by atomic mass is 16.3. The summed E-state index contributed by atoms with van der Waals surface area (Å²) in [5.41, 5.74) is 3.96. The first-order chi connectivity index (χ1) is 11.6. The zero-order valence-corrected chi connectivity index (χ0v) is 12.8. The van der Waals surface area contributed by atoms with Crippen molar-refractivity contribution in [3.63, 3.8) is 0 Å². The summed E-state index contributed by atoms with van der Waals surface area (Å²) in [5.74, 6) is -0.668. The van der Waals surface area contributed by atoms with Crippen LogP contribution < -0.4 is 5.43 Å². The molecule has 0 saturated carbocycles. The Morgan fingerprint density at radius 2 is 1.76 bits per heavy atom. The van der Waals surface area contributed by atoms with Crippen molar-refractivity contribution in [1.29, 1.82) is 0 Å². The Morgan fingerprint density at radius 3 is 2.56 bits per heavy atom. The Kier molecular flexibility index (Phi) is 5.74. The molecule has 3 aromatic carbocycles. The molecular formula is C20H20N2O3. The van der Waals surface area contributed by atoms with Gasteiger partial charge in [-0.3, -0.25) is 4.79 Å². The van der Waals surface area contributed by atoms with Crippen LogP contribution in [-0.2, 0) is 11.2 Å². The van der Waals surface area contributed by atoms with Gasteiger partial charge in [-0.15, -0.1) is 0 Å². The molecule has 0 radical (unpaired) electrons. The molecule has 0 aliphatic heterocycles. The number of hydrogen-bond acceptors (Lipinski definition) is 4. The smallest absolute Gasteiger partial charge is 0.244 e. The van der Waals surface area contributed by atoms with Gasteiger partial charge in [-0.25, -0.2) is 5.43 Å². The lowest BCUT2D eigenvalue weighted by Gasteiger charge is -2.05.